The van der Waals surface area contributed by atoms with E-state index in [2.05, 4.69) is 0 Å². The first-order valence-electron chi connectivity index (χ1n) is 8.38. The second kappa shape index (κ2) is 6.07. The molecule has 0 aromatic heterocycles. The van der Waals surface area contributed by atoms with Crippen molar-refractivity contribution in [1.29, 1.82) is 0 Å². The molecule has 6 heteroatoms. The summed E-state index contributed by atoms with van der Waals surface area (Å²) in [4.78, 5) is 27.8. The average molecular weight is 310 g/mol. The van der Waals surface area contributed by atoms with Crippen molar-refractivity contribution in [2.24, 2.45) is 11.8 Å². The molecule has 0 radical (unpaired) electrons. The maximum absolute atomic E-state index is 12.7. The second-order valence-corrected chi connectivity index (χ2v) is 6.98. The van der Waals surface area contributed by atoms with Gasteiger partial charge in [-0.25, -0.2) is 9.59 Å². The van der Waals surface area contributed by atoms with Crippen molar-refractivity contribution in [3.05, 3.63) is 0 Å². The van der Waals surface area contributed by atoms with Crippen LogP contribution in [0.5, 0.6) is 0 Å². The summed E-state index contributed by atoms with van der Waals surface area (Å²) >= 11 is 0. The maximum atomic E-state index is 12.7. The summed E-state index contributed by atoms with van der Waals surface area (Å²) in [5.41, 5.74) is -1.12. The van der Waals surface area contributed by atoms with Gasteiger partial charge in [-0.15, -0.1) is 0 Å². The number of carboxylic acid groups (broad SMARTS) is 1. The lowest BCUT2D eigenvalue weighted by Gasteiger charge is -2.39. The molecule has 0 aromatic carbocycles. The SMILES string of the molecule is COC1(C(=O)O)CCN(C(=O)N2C[C@H]3CCCC[C@H]3C2)CC1. The molecule has 0 spiro atoms. The summed E-state index contributed by atoms with van der Waals surface area (Å²) in [6.07, 6.45) is 5.82. The van der Waals surface area contributed by atoms with Gasteiger partial charge in [-0.1, -0.05) is 12.8 Å². The van der Waals surface area contributed by atoms with Crippen molar-refractivity contribution in [1.82, 2.24) is 9.80 Å². The summed E-state index contributed by atoms with van der Waals surface area (Å²) in [6.45, 7) is 2.69. The third kappa shape index (κ3) is 2.69. The number of carboxylic acids is 1. The Kier molecular flexibility index (Phi) is 4.30. The fourth-order valence-corrected chi connectivity index (χ4v) is 4.33. The van der Waals surface area contributed by atoms with E-state index in [-0.39, 0.29) is 6.03 Å². The van der Waals surface area contributed by atoms with Gasteiger partial charge < -0.3 is 19.6 Å². The number of carbonyl (C=O) groups is 2. The molecule has 0 unspecified atom stereocenters. The van der Waals surface area contributed by atoms with Crippen LogP contribution in [-0.4, -0.2) is 65.8 Å². The summed E-state index contributed by atoms with van der Waals surface area (Å²) in [5.74, 6) is 0.438. The number of nitrogens with zero attached hydrogens (tertiary/aromatic N) is 2. The molecular formula is C16H26N2O4. The first-order valence-corrected chi connectivity index (χ1v) is 8.38. The Morgan fingerprint density at radius 3 is 2.05 bits per heavy atom. The Labute approximate surface area is 131 Å². The minimum Gasteiger partial charge on any atom is -0.479 e. The molecule has 2 amide bonds. The standard InChI is InChI=1S/C16H26N2O4/c1-22-16(14(19)20)6-8-17(9-7-16)15(21)18-10-12-4-2-3-5-13(12)11-18/h12-13H,2-11H2,1H3,(H,19,20)/t12-,13+. The number of rotatable bonds is 2. The molecule has 124 valence electrons. The Bertz CT molecular complexity index is 431. The molecule has 2 saturated heterocycles. The number of methoxy groups -OCH3 is 1. The third-order valence-electron chi connectivity index (χ3n) is 5.87. The number of carbonyl (C=O) groups excluding carboxylic acids is 1. The van der Waals surface area contributed by atoms with Crippen molar-refractivity contribution >= 4 is 12.0 Å². The molecule has 3 fully saturated rings. The van der Waals surface area contributed by atoms with Crippen LogP contribution in [0.2, 0.25) is 0 Å². The number of hydrogen-bond donors (Lipinski definition) is 1. The van der Waals surface area contributed by atoms with E-state index >= 15 is 0 Å². The van der Waals surface area contributed by atoms with Crippen LogP contribution >= 0.6 is 0 Å². The van der Waals surface area contributed by atoms with Gasteiger partial charge in [0.2, 0.25) is 0 Å². The van der Waals surface area contributed by atoms with Gasteiger partial charge in [0.15, 0.2) is 5.60 Å². The summed E-state index contributed by atoms with van der Waals surface area (Å²) in [5, 5.41) is 9.33. The number of urea groups is 1. The molecule has 2 heterocycles. The monoisotopic (exact) mass is 310 g/mol. The number of amides is 2. The van der Waals surface area contributed by atoms with E-state index in [4.69, 9.17) is 4.74 Å². The highest BCUT2D eigenvalue weighted by atomic mass is 16.5. The van der Waals surface area contributed by atoms with Crippen LogP contribution in [-0.2, 0) is 9.53 Å². The van der Waals surface area contributed by atoms with Gasteiger partial charge in [-0.3, -0.25) is 0 Å². The molecular weight excluding hydrogens is 284 g/mol. The zero-order valence-corrected chi connectivity index (χ0v) is 13.3. The first kappa shape index (κ1) is 15.6. The molecule has 1 N–H and O–H groups in total. The van der Waals surface area contributed by atoms with Crippen molar-refractivity contribution in [3.63, 3.8) is 0 Å². The van der Waals surface area contributed by atoms with Crippen LogP contribution in [0.25, 0.3) is 0 Å². The van der Waals surface area contributed by atoms with E-state index in [1.54, 1.807) is 4.90 Å². The normalized spacial score (nSPS) is 31.0. The Hall–Kier alpha value is -1.30. The fraction of sp³-hybridized carbons (Fsp3) is 0.875. The number of piperidine rings is 1. The lowest BCUT2D eigenvalue weighted by Crippen LogP contribution is -2.54. The number of ether oxygens (including phenoxy) is 1. The van der Waals surface area contributed by atoms with E-state index in [1.165, 1.54) is 32.8 Å². The molecule has 3 aliphatic rings. The van der Waals surface area contributed by atoms with Crippen LogP contribution in [0.3, 0.4) is 0 Å². The molecule has 22 heavy (non-hydrogen) atoms. The molecule has 2 atom stereocenters. The Balaban J connectivity index is 1.57. The van der Waals surface area contributed by atoms with E-state index in [9.17, 15) is 14.7 Å². The molecule has 0 bridgehead atoms. The summed E-state index contributed by atoms with van der Waals surface area (Å²) < 4.78 is 5.22. The number of fused-ring (bicyclic) bond motifs is 1. The molecule has 1 aliphatic carbocycles. The quantitative estimate of drug-likeness (QED) is 0.844. The van der Waals surface area contributed by atoms with Gasteiger partial charge in [0, 0.05) is 46.1 Å². The summed E-state index contributed by atoms with van der Waals surface area (Å²) in [6, 6.07) is 0.0875. The topological polar surface area (TPSA) is 70.1 Å². The van der Waals surface area contributed by atoms with E-state index in [0.717, 1.165) is 13.1 Å². The highest BCUT2D eigenvalue weighted by Gasteiger charge is 2.44. The number of likely N-dealkylation sites (tertiary alicyclic amines) is 2. The van der Waals surface area contributed by atoms with E-state index in [0.29, 0.717) is 37.8 Å². The van der Waals surface area contributed by atoms with Crippen molar-refractivity contribution < 1.29 is 19.4 Å². The third-order valence-corrected chi connectivity index (χ3v) is 5.87. The van der Waals surface area contributed by atoms with Gasteiger partial charge in [-0.2, -0.15) is 0 Å². The minimum atomic E-state index is -1.12. The lowest BCUT2D eigenvalue weighted by atomic mass is 9.82. The van der Waals surface area contributed by atoms with Crippen LogP contribution in [0.1, 0.15) is 38.5 Å². The number of aliphatic carboxylic acids is 1. The van der Waals surface area contributed by atoms with Crippen molar-refractivity contribution in [3.8, 4) is 0 Å². The van der Waals surface area contributed by atoms with Crippen LogP contribution in [0.15, 0.2) is 0 Å². The number of hydrogen-bond acceptors (Lipinski definition) is 3. The zero-order chi connectivity index (χ0) is 15.7. The predicted octanol–water partition coefficient (Wildman–Crippen LogP) is 1.79. The van der Waals surface area contributed by atoms with Crippen LogP contribution < -0.4 is 0 Å². The average Bonchev–Trinajstić information content (AvgIpc) is 2.98. The molecule has 2 aliphatic heterocycles. The fourth-order valence-electron chi connectivity index (χ4n) is 4.33. The van der Waals surface area contributed by atoms with Gasteiger partial charge in [0.05, 0.1) is 0 Å². The van der Waals surface area contributed by atoms with E-state index in [1.807, 2.05) is 4.90 Å². The zero-order valence-electron chi connectivity index (χ0n) is 13.3. The Morgan fingerprint density at radius 1 is 1.05 bits per heavy atom. The highest BCUT2D eigenvalue weighted by Crippen LogP contribution is 2.37. The van der Waals surface area contributed by atoms with E-state index < -0.39 is 11.6 Å². The predicted molar refractivity (Wildman–Crippen MR) is 80.6 cm³/mol. The molecule has 3 rings (SSSR count). The van der Waals surface area contributed by atoms with Gasteiger partial charge in [0.25, 0.3) is 0 Å². The minimum absolute atomic E-state index is 0.0875. The summed E-state index contributed by atoms with van der Waals surface area (Å²) in [7, 11) is 1.44. The van der Waals surface area contributed by atoms with Gasteiger partial charge in [-0.05, 0) is 24.7 Å². The van der Waals surface area contributed by atoms with Crippen molar-refractivity contribution in [2.75, 3.05) is 33.3 Å². The highest BCUT2D eigenvalue weighted by molar-refractivity contribution is 5.79. The van der Waals surface area contributed by atoms with Crippen LogP contribution in [0, 0.1) is 11.8 Å². The molecule has 1 saturated carbocycles. The van der Waals surface area contributed by atoms with Gasteiger partial charge >= 0.3 is 12.0 Å². The Morgan fingerprint density at radius 2 is 1.59 bits per heavy atom. The van der Waals surface area contributed by atoms with Crippen molar-refractivity contribution in [2.45, 2.75) is 44.1 Å². The second-order valence-electron chi connectivity index (χ2n) is 6.98. The smallest absolute Gasteiger partial charge is 0.336 e. The molecule has 6 nitrogen and oxygen atoms in total. The van der Waals surface area contributed by atoms with Gasteiger partial charge in [0.1, 0.15) is 0 Å². The maximum Gasteiger partial charge on any atom is 0.336 e. The van der Waals surface area contributed by atoms with Crippen LogP contribution in [0.4, 0.5) is 4.79 Å². The first-order chi connectivity index (χ1) is 10.6. The molecule has 0 aromatic rings. The lowest BCUT2D eigenvalue weighted by molar-refractivity contribution is -0.167. The largest absolute Gasteiger partial charge is 0.479 e.